The van der Waals surface area contributed by atoms with Crippen LogP contribution in [0.1, 0.15) is 18.1 Å². The van der Waals surface area contributed by atoms with Gasteiger partial charge in [0.2, 0.25) is 14.7 Å². The minimum Gasteiger partial charge on any atom is -0.332 e. The van der Waals surface area contributed by atoms with E-state index in [0.29, 0.717) is 11.3 Å². The lowest BCUT2D eigenvalue weighted by Crippen LogP contribution is -2.12. The van der Waals surface area contributed by atoms with Crippen LogP contribution in [0.3, 0.4) is 0 Å². The van der Waals surface area contributed by atoms with Gasteiger partial charge in [0.25, 0.3) is 5.91 Å². The number of hydrogen-bond acceptors (Lipinski definition) is 5. The van der Waals surface area contributed by atoms with Crippen molar-refractivity contribution in [2.45, 2.75) is 19.2 Å². The Labute approximate surface area is 143 Å². The largest absolute Gasteiger partial charge is 0.332 e. The summed E-state index contributed by atoms with van der Waals surface area (Å²) in [6.45, 7) is 8.30. The van der Waals surface area contributed by atoms with Crippen molar-refractivity contribution in [2.24, 2.45) is 0 Å². The number of anilines is 1. The predicted molar refractivity (Wildman–Crippen MR) is 98.4 cm³/mol. The zero-order valence-electron chi connectivity index (χ0n) is 14.8. The molecule has 0 aromatic heterocycles. The first-order chi connectivity index (χ1) is 11.0. The molecule has 2 unspecified atom stereocenters. The maximum Gasteiger partial charge on any atom is 0.250 e. The fourth-order valence-corrected chi connectivity index (χ4v) is 4.00. The second-order valence-electron chi connectivity index (χ2n) is 5.98. The smallest absolute Gasteiger partial charge is 0.250 e. The molecule has 0 radical (unpaired) electrons. The van der Waals surface area contributed by atoms with Crippen molar-refractivity contribution in [3.8, 4) is 0 Å². The normalized spacial score (nSPS) is 16.0. The lowest BCUT2D eigenvalue weighted by Gasteiger charge is -2.16. The van der Waals surface area contributed by atoms with Gasteiger partial charge in [0, 0.05) is 51.1 Å². The van der Waals surface area contributed by atoms with Crippen molar-refractivity contribution in [1.82, 2.24) is 0 Å². The predicted octanol–water partition coefficient (Wildman–Crippen LogP) is 4.31. The molecule has 0 fully saturated rings. The van der Waals surface area contributed by atoms with Gasteiger partial charge in [-0.15, -0.1) is 0 Å². The third-order valence-corrected chi connectivity index (χ3v) is 6.83. The maximum absolute atomic E-state index is 12.2. The maximum atomic E-state index is 12.2. The summed E-state index contributed by atoms with van der Waals surface area (Å²) in [7, 11) is -2.75. The van der Waals surface area contributed by atoms with Gasteiger partial charge in [-0.1, -0.05) is 12.6 Å². The number of nitrogens with one attached hydrogen (secondary N) is 1. The molecular formula is C16H25NO5P2. The summed E-state index contributed by atoms with van der Waals surface area (Å²) < 4.78 is 34.6. The average molecular weight is 373 g/mol. The highest BCUT2D eigenvalue weighted by molar-refractivity contribution is 7.57. The molecule has 1 aromatic rings. The summed E-state index contributed by atoms with van der Waals surface area (Å²) in [6, 6.07) is 5.26. The van der Waals surface area contributed by atoms with Crippen molar-refractivity contribution >= 4 is 26.3 Å². The van der Waals surface area contributed by atoms with Crippen LogP contribution in [0.5, 0.6) is 0 Å². The third kappa shape index (κ3) is 6.74. The van der Waals surface area contributed by atoms with E-state index < -0.39 is 14.7 Å². The van der Waals surface area contributed by atoms with Gasteiger partial charge in [-0.25, -0.2) is 0 Å². The minimum atomic E-state index is -2.78. The van der Waals surface area contributed by atoms with Crippen LogP contribution in [0, 0.1) is 0 Å². The molecule has 134 valence electrons. The summed E-state index contributed by atoms with van der Waals surface area (Å²) in [5, 5.41) is 2.73. The van der Waals surface area contributed by atoms with Gasteiger partial charge >= 0.3 is 0 Å². The van der Waals surface area contributed by atoms with Gasteiger partial charge in [0.1, 0.15) is 0 Å². The van der Waals surface area contributed by atoms with E-state index in [1.165, 1.54) is 14.2 Å². The molecule has 1 rings (SSSR count). The van der Waals surface area contributed by atoms with Crippen LogP contribution < -0.4 is 5.32 Å². The van der Waals surface area contributed by atoms with Crippen LogP contribution in [-0.2, 0) is 35.3 Å². The van der Waals surface area contributed by atoms with E-state index in [9.17, 15) is 13.9 Å². The molecule has 1 aromatic carbocycles. The first-order valence-corrected chi connectivity index (χ1v) is 11.8. The van der Waals surface area contributed by atoms with E-state index in [4.69, 9.17) is 9.05 Å². The first kappa shape index (κ1) is 20.9. The van der Waals surface area contributed by atoms with Crippen LogP contribution in [0.4, 0.5) is 5.69 Å². The molecule has 0 spiro atoms. The lowest BCUT2D eigenvalue weighted by atomic mass is 10.1. The molecule has 0 aliphatic carbocycles. The van der Waals surface area contributed by atoms with E-state index >= 15 is 0 Å². The molecule has 0 aliphatic rings. The van der Waals surface area contributed by atoms with Gasteiger partial charge < -0.3 is 14.4 Å². The van der Waals surface area contributed by atoms with E-state index in [2.05, 4.69) is 11.9 Å². The van der Waals surface area contributed by atoms with Crippen molar-refractivity contribution < 1.29 is 23.0 Å². The van der Waals surface area contributed by atoms with Crippen LogP contribution in [-0.4, -0.2) is 33.5 Å². The highest BCUT2D eigenvalue weighted by Crippen LogP contribution is 2.48. The Hall–Kier alpha value is -1.19. The molecule has 0 saturated carbocycles. The zero-order valence-corrected chi connectivity index (χ0v) is 16.6. The zero-order chi connectivity index (χ0) is 18.5. The Balaban J connectivity index is 3.23. The molecule has 1 amide bonds. The number of amides is 1. The van der Waals surface area contributed by atoms with Gasteiger partial charge in [-0.3, -0.25) is 13.9 Å². The SMILES string of the molecule is C=C(C)C(=O)Nc1cc(CP(C)(=O)OC)cc(CP(C)(=O)OC)c1. The Morgan fingerprint density at radius 1 is 1.04 bits per heavy atom. The second kappa shape index (κ2) is 8.26. The Kier molecular flexibility index (Phi) is 7.18. The lowest BCUT2D eigenvalue weighted by molar-refractivity contribution is -0.112. The number of rotatable bonds is 8. The second-order valence-corrected chi connectivity index (χ2v) is 11.4. The van der Waals surface area contributed by atoms with Gasteiger partial charge in [0.05, 0.1) is 0 Å². The summed E-state index contributed by atoms with van der Waals surface area (Å²) in [5.74, 6) is -0.309. The molecule has 8 heteroatoms. The highest BCUT2D eigenvalue weighted by atomic mass is 31.2. The molecule has 1 N–H and O–H groups in total. The van der Waals surface area contributed by atoms with Gasteiger partial charge in [-0.2, -0.15) is 0 Å². The van der Waals surface area contributed by atoms with Crippen LogP contribution in [0.2, 0.25) is 0 Å². The Morgan fingerprint density at radius 2 is 1.46 bits per heavy atom. The van der Waals surface area contributed by atoms with Crippen molar-refractivity contribution in [3.05, 3.63) is 41.5 Å². The number of carbonyl (C=O) groups is 1. The Bertz CT molecular complexity index is 685. The van der Waals surface area contributed by atoms with Crippen molar-refractivity contribution in [3.63, 3.8) is 0 Å². The molecule has 0 saturated heterocycles. The number of benzene rings is 1. The quantitative estimate of drug-likeness (QED) is 0.542. The number of carbonyl (C=O) groups excluding carboxylic acids is 1. The van der Waals surface area contributed by atoms with Crippen molar-refractivity contribution in [1.29, 1.82) is 0 Å². The van der Waals surface area contributed by atoms with Gasteiger partial charge in [-0.05, 0) is 30.2 Å². The molecule has 24 heavy (non-hydrogen) atoms. The molecule has 2 atom stereocenters. The summed E-state index contributed by atoms with van der Waals surface area (Å²) in [6.07, 6.45) is 0.433. The molecular weight excluding hydrogens is 348 g/mol. The summed E-state index contributed by atoms with van der Waals surface area (Å²) >= 11 is 0. The molecule has 0 heterocycles. The summed E-state index contributed by atoms with van der Waals surface area (Å²) in [5.41, 5.74) is 2.36. The van der Waals surface area contributed by atoms with E-state index in [1.54, 1.807) is 38.5 Å². The van der Waals surface area contributed by atoms with Gasteiger partial charge in [0.15, 0.2) is 0 Å². The number of hydrogen-bond donors (Lipinski definition) is 1. The molecule has 0 bridgehead atoms. The summed E-state index contributed by atoms with van der Waals surface area (Å²) in [4.78, 5) is 11.8. The van der Waals surface area contributed by atoms with E-state index in [-0.39, 0.29) is 18.2 Å². The first-order valence-electron chi connectivity index (χ1n) is 7.32. The fraction of sp³-hybridized carbons (Fsp3) is 0.438. The fourth-order valence-electron chi connectivity index (χ4n) is 2.05. The van der Waals surface area contributed by atoms with Crippen molar-refractivity contribution in [2.75, 3.05) is 32.9 Å². The topological polar surface area (TPSA) is 81.7 Å². The van der Waals surface area contributed by atoms with Crippen LogP contribution >= 0.6 is 14.7 Å². The van der Waals surface area contributed by atoms with E-state index in [1.807, 2.05) is 0 Å². The molecule has 6 nitrogen and oxygen atoms in total. The highest BCUT2D eigenvalue weighted by Gasteiger charge is 2.19. The van der Waals surface area contributed by atoms with E-state index in [0.717, 1.165) is 11.1 Å². The monoisotopic (exact) mass is 373 g/mol. The average Bonchev–Trinajstić information content (AvgIpc) is 2.45. The Morgan fingerprint density at radius 3 is 1.79 bits per heavy atom. The molecule has 0 aliphatic heterocycles. The standard InChI is InChI=1S/C16H25NO5P2/c1-12(2)16(18)17-15-8-13(10-23(5,19)21-3)7-14(9-15)11-24(6,20)22-4/h7-9H,1,10-11H2,2-6H3,(H,17,18). The third-order valence-electron chi connectivity index (χ3n) is 3.41. The minimum absolute atomic E-state index is 0.217. The van der Waals surface area contributed by atoms with Crippen LogP contribution in [0.25, 0.3) is 0 Å². The van der Waals surface area contributed by atoms with Crippen LogP contribution in [0.15, 0.2) is 30.4 Å².